The Morgan fingerprint density at radius 2 is 1.73 bits per heavy atom. The van der Waals surface area contributed by atoms with Crippen molar-refractivity contribution in [1.29, 1.82) is 0 Å². The molecule has 2 atom stereocenters. The highest BCUT2D eigenvalue weighted by Crippen LogP contribution is 2.65. The maximum atomic E-state index is 13.4. The van der Waals surface area contributed by atoms with Crippen molar-refractivity contribution >= 4 is 22.6 Å². The predicted molar refractivity (Wildman–Crippen MR) is 133 cm³/mol. The van der Waals surface area contributed by atoms with E-state index in [1.54, 1.807) is 0 Å². The highest BCUT2D eigenvalue weighted by atomic mass is 16.6. The van der Waals surface area contributed by atoms with E-state index in [0.717, 1.165) is 28.8 Å². The molecule has 170 valence electrons. The van der Waals surface area contributed by atoms with E-state index in [1.165, 1.54) is 16.5 Å². The monoisotopic (exact) mass is 441 g/mol. The van der Waals surface area contributed by atoms with Gasteiger partial charge in [-0.3, -0.25) is 4.90 Å². The van der Waals surface area contributed by atoms with Crippen molar-refractivity contribution in [3.8, 4) is 5.75 Å². The standard InChI is InChI=1S/C29H31NO3/c1-19-11-14-25-24(15-19)28(5)17-22(29(28,6)30(25)26(31)33-27(2,3)4)18-32-23-13-12-20-9-7-8-10-21(20)16-23/h7-16,18H,17H2,1-6H3/b22-18-/t28-,29-/m1/s1. The van der Waals surface area contributed by atoms with Crippen LogP contribution in [0.15, 0.2) is 72.5 Å². The predicted octanol–water partition coefficient (Wildman–Crippen LogP) is 7.29. The van der Waals surface area contributed by atoms with Crippen LogP contribution in [-0.2, 0) is 10.2 Å². The minimum atomic E-state index is -0.577. The van der Waals surface area contributed by atoms with E-state index < -0.39 is 11.1 Å². The molecule has 1 fully saturated rings. The molecule has 0 unspecified atom stereocenters. The fraction of sp³-hybridized carbons (Fsp3) is 0.345. The van der Waals surface area contributed by atoms with Crippen LogP contribution in [-0.4, -0.2) is 17.2 Å². The van der Waals surface area contributed by atoms with Crippen LogP contribution in [0.3, 0.4) is 0 Å². The van der Waals surface area contributed by atoms with Crippen LogP contribution in [0.1, 0.15) is 52.2 Å². The second kappa shape index (κ2) is 7.11. The second-order valence-electron chi connectivity index (χ2n) is 10.7. The summed E-state index contributed by atoms with van der Waals surface area (Å²) in [5, 5.41) is 2.32. The number of nitrogens with zero attached hydrogens (tertiary/aromatic N) is 1. The molecule has 4 nitrogen and oxygen atoms in total. The normalized spacial score (nSPS) is 24.9. The van der Waals surface area contributed by atoms with Gasteiger partial charge in [-0.05, 0) is 81.1 Å². The number of carbonyl (C=O) groups is 1. The molecule has 0 spiro atoms. The van der Waals surface area contributed by atoms with Crippen molar-refractivity contribution in [3.63, 3.8) is 0 Å². The molecule has 1 saturated carbocycles. The van der Waals surface area contributed by atoms with Gasteiger partial charge in [0, 0.05) is 5.41 Å². The number of hydrogen-bond donors (Lipinski definition) is 0. The van der Waals surface area contributed by atoms with E-state index in [2.05, 4.69) is 51.1 Å². The molecule has 2 aliphatic rings. The van der Waals surface area contributed by atoms with Crippen molar-refractivity contribution in [2.75, 3.05) is 4.90 Å². The maximum Gasteiger partial charge on any atom is 0.415 e. The van der Waals surface area contributed by atoms with Gasteiger partial charge in [-0.25, -0.2) is 4.79 Å². The third-order valence-corrected chi connectivity index (χ3v) is 7.31. The quantitative estimate of drug-likeness (QED) is 0.392. The Labute approximate surface area is 195 Å². The summed E-state index contributed by atoms with van der Waals surface area (Å²) >= 11 is 0. The van der Waals surface area contributed by atoms with Crippen LogP contribution >= 0.6 is 0 Å². The molecule has 0 radical (unpaired) electrons. The van der Waals surface area contributed by atoms with Gasteiger partial charge in [-0.1, -0.05) is 55.0 Å². The third-order valence-electron chi connectivity index (χ3n) is 7.31. The summed E-state index contributed by atoms with van der Waals surface area (Å²) in [5.74, 6) is 0.786. The Balaban J connectivity index is 1.53. The maximum absolute atomic E-state index is 13.4. The van der Waals surface area contributed by atoms with Crippen molar-refractivity contribution in [3.05, 3.63) is 83.6 Å². The second-order valence-corrected chi connectivity index (χ2v) is 10.7. The van der Waals surface area contributed by atoms with E-state index in [-0.39, 0.29) is 11.5 Å². The fourth-order valence-corrected chi connectivity index (χ4v) is 5.37. The number of hydrogen-bond acceptors (Lipinski definition) is 3. The highest BCUT2D eigenvalue weighted by Gasteiger charge is 2.68. The number of anilines is 1. The van der Waals surface area contributed by atoms with Crippen LogP contribution in [0.5, 0.6) is 5.75 Å². The van der Waals surface area contributed by atoms with Crippen molar-refractivity contribution < 1.29 is 14.3 Å². The molecule has 4 heteroatoms. The lowest BCUT2D eigenvalue weighted by Gasteiger charge is -2.56. The molecule has 3 aromatic rings. The molecular weight excluding hydrogens is 410 g/mol. The van der Waals surface area contributed by atoms with Gasteiger partial charge in [0.15, 0.2) is 0 Å². The fourth-order valence-electron chi connectivity index (χ4n) is 5.37. The Morgan fingerprint density at radius 1 is 1.00 bits per heavy atom. The number of aryl methyl sites for hydroxylation is 1. The molecule has 0 N–H and O–H groups in total. The highest BCUT2D eigenvalue weighted by molar-refractivity contribution is 5.97. The first-order valence-electron chi connectivity index (χ1n) is 11.5. The lowest BCUT2D eigenvalue weighted by molar-refractivity contribution is 0.0503. The molecule has 0 bridgehead atoms. The molecule has 3 aromatic carbocycles. The molecular formula is C29H31NO3. The molecule has 33 heavy (non-hydrogen) atoms. The number of carbonyl (C=O) groups excluding carboxylic acids is 1. The van der Waals surface area contributed by atoms with Crippen LogP contribution in [0.25, 0.3) is 10.8 Å². The molecule has 0 saturated heterocycles. The summed E-state index contributed by atoms with van der Waals surface area (Å²) < 4.78 is 12.0. The summed E-state index contributed by atoms with van der Waals surface area (Å²) in [6.45, 7) is 12.2. The first-order chi connectivity index (χ1) is 15.5. The topological polar surface area (TPSA) is 38.8 Å². The summed E-state index contributed by atoms with van der Waals surface area (Å²) in [6.07, 6.45) is 2.34. The van der Waals surface area contributed by atoms with E-state index >= 15 is 0 Å². The van der Waals surface area contributed by atoms with Crippen LogP contribution < -0.4 is 9.64 Å². The van der Waals surface area contributed by atoms with Gasteiger partial charge < -0.3 is 9.47 Å². The van der Waals surface area contributed by atoms with Gasteiger partial charge in [0.1, 0.15) is 11.4 Å². The number of amides is 1. The van der Waals surface area contributed by atoms with Crippen LogP contribution in [0.4, 0.5) is 10.5 Å². The lowest BCUT2D eigenvalue weighted by atomic mass is 9.52. The summed E-state index contributed by atoms with van der Waals surface area (Å²) in [5.41, 5.74) is 3.05. The molecule has 1 aliphatic carbocycles. The number of ether oxygens (including phenoxy) is 2. The zero-order chi connectivity index (χ0) is 23.6. The van der Waals surface area contributed by atoms with Gasteiger partial charge in [0.25, 0.3) is 0 Å². The van der Waals surface area contributed by atoms with E-state index in [9.17, 15) is 4.79 Å². The van der Waals surface area contributed by atoms with Gasteiger partial charge in [-0.15, -0.1) is 0 Å². The lowest BCUT2D eigenvalue weighted by Crippen LogP contribution is -2.66. The number of benzene rings is 3. The minimum absolute atomic E-state index is 0.205. The summed E-state index contributed by atoms with van der Waals surface area (Å²) in [7, 11) is 0. The summed E-state index contributed by atoms with van der Waals surface area (Å²) in [6, 6.07) is 20.6. The average molecular weight is 442 g/mol. The van der Waals surface area contributed by atoms with Crippen LogP contribution in [0, 0.1) is 6.92 Å². The Kier molecular flexibility index (Phi) is 4.65. The van der Waals surface area contributed by atoms with E-state index in [0.29, 0.717) is 0 Å². The Bertz CT molecular complexity index is 1300. The zero-order valence-corrected chi connectivity index (χ0v) is 20.2. The average Bonchev–Trinajstić information content (AvgIpc) is 2.89. The van der Waals surface area contributed by atoms with E-state index in [1.807, 2.05) is 62.3 Å². The van der Waals surface area contributed by atoms with Gasteiger partial charge >= 0.3 is 6.09 Å². The van der Waals surface area contributed by atoms with Crippen molar-refractivity contribution in [1.82, 2.24) is 0 Å². The first-order valence-corrected chi connectivity index (χ1v) is 11.5. The first kappa shape index (κ1) is 21.6. The van der Waals surface area contributed by atoms with Gasteiger partial charge in [-0.2, -0.15) is 0 Å². The molecule has 0 aromatic heterocycles. The molecule has 1 aliphatic heterocycles. The molecule has 5 rings (SSSR count). The van der Waals surface area contributed by atoms with Crippen LogP contribution in [0.2, 0.25) is 0 Å². The Hall–Kier alpha value is -3.27. The van der Waals surface area contributed by atoms with Gasteiger partial charge in [0.2, 0.25) is 0 Å². The Morgan fingerprint density at radius 3 is 2.45 bits per heavy atom. The summed E-state index contributed by atoms with van der Waals surface area (Å²) in [4.78, 5) is 15.3. The minimum Gasteiger partial charge on any atom is -0.465 e. The SMILES string of the molecule is Cc1ccc2c(c1)[C@@]1(C)C/C(=C/Oc3ccc4ccccc4c3)[C@@]1(C)N2C(=O)OC(C)(C)C. The third kappa shape index (κ3) is 3.23. The van der Waals surface area contributed by atoms with Crippen molar-refractivity contribution in [2.45, 2.75) is 64.5 Å². The van der Waals surface area contributed by atoms with Gasteiger partial charge in [0.05, 0.1) is 17.5 Å². The van der Waals surface area contributed by atoms with Crippen molar-refractivity contribution in [2.24, 2.45) is 0 Å². The number of rotatable bonds is 2. The van der Waals surface area contributed by atoms with E-state index in [4.69, 9.17) is 9.47 Å². The number of fused-ring (bicyclic) bond motifs is 4. The zero-order valence-electron chi connectivity index (χ0n) is 20.2. The molecule has 1 amide bonds. The largest absolute Gasteiger partial charge is 0.465 e. The molecule has 1 heterocycles. The smallest absolute Gasteiger partial charge is 0.415 e.